The number of aromatic nitrogens is 8. The van der Waals surface area contributed by atoms with E-state index in [9.17, 15) is 13.2 Å². The molecule has 3 aliphatic heterocycles. The second kappa shape index (κ2) is 31.0. The third-order valence-electron chi connectivity index (χ3n) is 17.8. The molecule has 15 rings (SSSR count). The fourth-order valence-electron chi connectivity index (χ4n) is 12.4. The molecule has 0 radical (unpaired) electrons. The largest absolute Gasteiger partial charge is 0.435 e. The van der Waals surface area contributed by atoms with E-state index in [4.69, 9.17) is 14.2 Å². The summed E-state index contributed by atoms with van der Waals surface area (Å²) in [5.74, 6) is 2.73. The lowest BCUT2D eigenvalue weighted by atomic mass is 10.1. The van der Waals surface area contributed by atoms with Gasteiger partial charge in [0.05, 0.1) is 23.8 Å². The van der Waals surface area contributed by atoms with E-state index in [1.807, 2.05) is 106 Å². The van der Waals surface area contributed by atoms with Crippen LogP contribution in [0.25, 0.3) is 18.2 Å². The first-order valence-corrected chi connectivity index (χ1v) is 35.2. The van der Waals surface area contributed by atoms with Crippen molar-refractivity contribution in [2.24, 2.45) is 0 Å². The van der Waals surface area contributed by atoms with E-state index < -0.39 is 0 Å². The number of ether oxygens (including phenoxy) is 3. The van der Waals surface area contributed by atoms with Crippen LogP contribution in [0.1, 0.15) is 61.1 Å². The number of anilines is 9. The molecule has 4 N–H and O–H groups in total. The predicted molar refractivity (Wildman–Crippen MR) is 395 cm³/mol. The molecule has 4 aromatic carbocycles. The molecule has 6 aliphatic rings. The van der Waals surface area contributed by atoms with Gasteiger partial charge in [-0.05, 0) is 185 Å². The van der Waals surface area contributed by atoms with Crippen LogP contribution in [0.3, 0.4) is 0 Å². The van der Waals surface area contributed by atoms with Gasteiger partial charge in [0.1, 0.15) is 44.0 Å². The Bertz CT molecular complexity index is 4510. The lowest BCUT2D eigenvalue weighted by molar-refractivity contribution is 0.271. The highest BCUT2D eigenvalue weighted by molar-refractivity contribution is 9.11. The van der Waals surface area contributed by atoms with Gasteiger partial charge >= 0.3 is 0 Å². The summed E-state index contributed by atoms with van der Waals surface area (Å²) in [5, 5.41) is 13.0. The van der Waals surface area contributed by atoms with Crippen LogP contribution in [0.2, 0.25) is 0 Å². The number of rotatable bonds is 16. The third kappa shape index (κ3) is 16.2. The van der Waals surface area contributed by atoms with E-state index in [0.29, 0.717) is 59.2 Å². The van der Waals surface area contributed by atoms with Crippen molar-refractivity contribution in [2.75, 3.05) is 123 Å². The van der Waals surface area contributed by atoms with Crippen molar-refractivity contribution in [1.82, 2.24) is 55.0 Å². The zero-order valence-electron chi connectivity index (χ0n) is 55.3. The van der Waals surface area contributed by atoms with Gasteiger partial charge in [-0.1, -0.05) is 60.1 Å². The number of fused-ring (bicyclic) bond motifs is 3. The van der Waals surface area contributed by atoms with Crippen LogP contribution in [0.15, 0.2) is 146 Å². The molecular weight excluding hydrogens is 1460 g/mol. The molecule has 510 valence electrons. The Balaban J connectivity index is 0.000000133. The number of hydrogen-bond acceptors (Lipinski definition) is 20. The Morgan fingerprint density at radius 3 is 1.20 bits per heavy atom. The normalized spacial score (nSPS) is 15.7. The summed E-state index contributed by atoms with van der Waals surface area (Å²) in [5.41, 5.74) is 12.3. The number of hydrogen-bond donors (Lipinski definition) is 4. The van der Waals surface area contributed by atoms with Crippen LogP contribution in [-0.2, 0) is 19.3 Å². The molecule has 0 amide bonds. The Morgan fingerprint density at radius 1 is 0.434 bits per heavy atom. The maximum atomic E-state index is 15.0. The van der Waals surface area contributed by atoms with Crippen LogP contribution < -0.4 is 50.2 Å². The molecule has 0 saturated carbocycles. The number of pyridine rings is 2. The minimum atomic E-state index is -0.385. The molecule has 0 atom stereocenters. The molecule has 9 aromatic rings. The minimum Gasteiger partial charge on any atom is -0.435 e. The van der Waals surface area contributed by atoms with Crippen LogP contribution in [0, 0.1) is 17.5 Å². The number of nitrogens with zero attached hydrogens (tertiary/aromatic N) is 13. The van der Waals surface area contributed by atoms with E-state index >= 15 is 0 Å². The SMILES string of the molecule is CC1=Cc2c(ccc(Oc3ncnc(Nc4ccc(N5CCN(C)CC5)cn4)c3Br)c2F)C1.CC1=Cc2c(ccc(Oc3ncnc(Nc4ccc(N5CCNCC5)cn4)c3Br)c2F)C1.CCN1CCN(c2ccc(Nc3ncnc(Oc4ccc5c(c4F)C=C(C)C5)c3Br)cc2)CC1. The Kier molecular flexibility index (Phi) is 21.4. The zero-order chi connectivity index (χ0) is 68.7. The number of benzene rings is 4. The number of nitrogens with one attached hydrogen (secondary N) is 4. The highest BCUT2D eigenvalue weighted by Crippen LogP contribution is 2.42. The number of halogens is 6. The predicted octanol–water partition coefficient (Wildman–Crippen LogP) is 15.7. The average Bonchev–Trinajstić information content (AvgIpc) is 1.86. The number of likely N-dealkylation sites (N-methyl/N-ethyl adjacent to an activating group) is 2. The van der Waals surface area contributed by atoms with Gasteiger partial charge in [-0.25, -0.2) is 53.0 Å². The fourth-order valence-corrected chi connectivity index (χ4v) is 13.5. The van der Waals surface area contributed by atoms with Gasteiger partial charge < -0.3 is 60.0 Å². The van der Waals surface area contributed by atoms with E-state index in [0.717, 1.165) is 155 Å². The van der Waals surface area contributed by atoms with Gasteiger partial charge in [0.2, 0.25) is 17.6 Å². The Labute approximate surface area is 598 Å². The van der Waals surface area contributed by atoms with Crippen LogP contribution in [-0.4, -0.2) is 142 Å². The second-order valence-electron chi connectivity index (χ2n) is 24.9. The number of piperazine rings is 3. The van der Waals surface area contributed by atoms with E-state index in [1.165, 1.54) is 24.7 Å². The maximum Gasteiger partial charge on any atom is 0.239 e. The first-order valence-electron chi connectivity index (χ1n) is 32.8. The summed E-state index contributed by atoms with van der Waals surface area (Å²) < 4.78 is 63.9. The summed E-state index contributed by atoms with van der Waals surface area (Å²) in [6.07, 6.45) is 15.7. The van der Waals surface area contributed by atoms with Crippen molar-refractivity contribution in [1.29, 1.82) is 0 Å². The standard InChI is InChI=1S/C26H27BrFN5O.C24H24BrFN6O.C23H22BrFN6O/c1-3-32-10-12-33(13-11-32)20-7-5-19(6-8-20)31-25-23(27)26(30-16-29-25)34-22-9-4-18-14-17(2)15-21(18)24(22)28;1-15-11-16-3-5-19(22(26)18(16)12-15)33-24-21(25)23(28-14-29-24)30-20-6-4-17(13-27-20)32-9-7-31(2)8-10-32;1-14-10-15-2-4-18(21(25)17(15)11-14)32-23-20(24)22(28-13-29-23)30-19-5-3-16(12-27-19)31-8-6-26-7-9-31/h4-9,15-16H,3,10-14H2,1-2H3,(H,29,30,31);3-6,12-14H,7-11H2,1-2H3,(H,27,28,29,30);2-5,11-13,26H,6-10H2,1H3,(H,27,28,29,30). The first kappa shape index (κ1) is 68.5. The van der Waals surface area contributed by atoms with E-state index in [2.05, 4.69) is 160 Å². The summed E-state index contributed by atoms with van der Waals surface area (Å²) in [6.45, 7) is 21.4. The van der Waals surface area contributed by atoms with Crippen molar-refractivity contribution in [3.05, 3.63) is 197 Å². The van der Waals surface area contributed by atoms with Gasteiger partial charge in [0, 0.05) is 107 Å². The van der Waals surface area contributed by atoms with Crippen molar-refractivity contribution in [2.45, 2.75) is 47.0 Å². The quantitative estimate of drug-likeness (QED) is 0.0712. The molecule has 99 heavy (non-hydrogen) atoms. The van der Waals surface area contributed by atoms with Crippen molar-refractivity contribution in [3.8, 4) is 34.9 Å². The average molecular weight is 1530 g/mol. The van der Waals surface area contributed by atoms with E-state index in [-0.39, 0.29) is 52.3 Å². The molecule has 8 heterocycles. The lowest BCUT2D eigenvalue weighted by Crippen LogP contribution is -2.46. The number of allylic oxidation sites excluding steroid dienone is 3. The molecule has 0 bridgehead atoms. The highest BCUT2D eigenvalue weighted by atomic mass is 79.9. The second-order valence-corrected chi connectivity index (χ2v) is 27.2. The summed E-state index contributed by atoms with van der Waals surface area (Å²) in [6, 6.07) is 26.8. The van der Waals surface area contributed by atoms with Crippen molar-refractivity contribution < 1.29 is 27.4 Å². The minimum absolute atomic E-state index is 0.124. The van der Waals surface area contributed by atoms with Gasteiger partial charge in [0.25, 0.3) is 0 Å². The Hall–Kier alpha value is -9.05. The van der Waals surface area contributed by atoms with Crippen LogP contribution in [0.5, 0.6) is 34.9 Å². The van der Waals surface area contributed by atoms with Gasteiger partial charge in [-0.2, -0.15) is 0 Å². The summed E-state index contributed by atoms with van der Waals surface area (Å²) >= 11 is 10.5. The molecule has 5 aromatic heterocycles. The molecule has 26 heteroatoms. The van der Waals surface area contributed by atoms with Crippen molar-refractivity contribution >= 4 is 118 Å². The maximum absolute atomic E-state index is 15.0. The summed E-state index contributed by atoms with van der Waals surface area (Å²) in [4.78, 5) is 46.3. The molecule has 0 unspecified atom stereocenters. The molecule has 3 fully saturated rings. The highest BCUT2D eigenvalue weighted by Gasteiger charge is 2.26. The zero-order valence-corrected chi connectivity index (χ0v) is 60.1. The lowest BCUT2D eigenvalue weighted by Gasteiger charge is -2.35. The topological polar surface area (TPSA) is 195 Å². The smallest absolute Gasteiger partial charge is 0.239 e. The van der Waals surface area contributed by atoms with Gasteiger partial charge in [-0.3, -0.25) is 0 Å². The van der Waals surface area contributed by atoms with Crippen LogP contribution >= 0.6 is 47.8 Å². The van der Waals surface area contributed by atoms with Gasteiger partial charge in [-0.15, -0.1) is 0 Å². The Morgan fingerprint density at radius 2 is 0.808 bits per heavy atom. The van der Waals surface area contributed by atoms with Crippen LogP contribution in [0.4, 0.5) is 65.0 Å². The molecule has 3 saturated heterocycles. The van der Waals surface area contributed by atoms with E-state index in [1.54, 1.807) is 18.2 Å². The molecule has 0 spiro atoms. The monoisotopic (exact) mass is 1530 g/mol. The molecule has 20 nitrogen and oxygen atoms in total. The summed E-state index contributed by atoms with van der Waals surface area (Å²) in [7, 11) is 2.14. The molecule has 3 aliphatic carbocycles. The third-order valence-corrected chi connectivity index (χ3v) is 20.0. The first-order chi connectivity index (χ1) is 48.1. The molecular formula is C73H73Br3F3N17O3. The fraction of sp³-hybridized carbons (Fsp3) is 0.288. The van der Waals surface area contributed by atoms with Gasteiger partial charge in [0.15, 0.2) is 52.2 Å². The van der Waals surface area contributed by atoms with Crippen molar-refractivity contribution in [3.63, 3.8) is 0 Å².